The first kappa shape index (κ1) is 21.4. The van der Waals surface area contributed by atoms with Crippen LogP contribution in [0.3, 0.4) is 0 Å². The zero-order valence-electron chi connectivity index (χ0n) is 17.2. The van der Waals surface area contributed by atoms with Gasteiger partial charge in [0.1, 0.15) is 17.9 Å². The molecule has 0 unspecified atom stereocenters. The summed E-state index contributed by atoms with van der Waals surface area (Å²) in [5.74, 6) is -0.706. The summed E-state index contributed by atoms with van der Waals surface area (Å²) in [6.45, 7) is 2.73. The molecule has 1 aromatic heterocycles. The molecule has 1 aliphatic heterocycles. The van der Waals surface area contributed by atoms with Gasteiger partial charge in [0.05, 0.1) is 12.2 Å². The molecule has 0 spiro atoms. The normalized spacial score (nSPS) is 15.2. The van der Waals surface area contributed by atoms with Crippen LogP contribution in [0.5, 0.6) is 5.75 Å². The Morgan fingerprint density at radius 2 is 1.81 bits per heavy atom. The topological polar surface area (TPSA) is 80.6 Å². The zero-order chi connectivity index (χ0) is 22.7. The minimum Gasteiger partial charge on any atom is -0.492 e. The molecule has 3 aromatic rings. The number of hydrogen-bond donors (Lipinski definition) is 1. The van der Waals surface area contributed by atoms with E-state index >= 15 is 0 Å². The van der Waals surface area contributed by atoms with Gasteiger partial charge >= 0.3 is 6.03 Å². The molecule has 1 aliphatic rings. The van der Waals surface area contributed by atoms with Crippen LogP contribution in [-0.2, 0) is 16.1 Å². The van der Waals surface area contributed by atoms with Crippen LogP contribution in [0.1, 0.15) is 11.3 Å². The van der Waals surface area contributed by atoms with E-state index in [1.807, 2.05) is 54.1 Å². The lowest BCUT2D eigenvalue weighted by molar-refractivity contribution is -0.122. The molecule has 2 heterocycles. The molecule has 7 nitrogen and oxygen atoms in total. The third-order valence-electron chi connectivity index (χ3n) is 5.02. The first-order valence-corrected chi connectivity index (χ1v) is 10.3. The smallest absolute Gasteiger partial charge is 0.335 e. The van der Waals surface area contributed by atoms with Gasteiger partial charge in [0.25, 0.3) is 11.8 Å². The van der Waals surface area contributed by atoms with E-state index in [0.29, 0.717) is 23.9 Å². The first-order chi connectivity index (χ1) is 15.4. The van der Waals surface area contributed by atoms with E-state index in [0.717, 1.165) is 16.2 Å². The maximum absolute atomic E-state index is 13.1. The standard InChI is InChI=1S/C24H20ClN3O4/c1-16-9-10-18(15-21(16)25)28-23(30)20(22(29)26-24(28)31)14-17-6-5-11-27(17)12-13-32-19-7-3-2-4-8-19/h2-11,14-15H,12-13H2,1H3,(H,26,29,31)/b20-14-. The van der Waals surface area contributed by atoms with E-state index < -0.39 is 17.8 Å². The number of carbonyl (C=O) groups is 3. The van der Waals surface area contributed by atoms with Gasteiger partial charge in [0, 0.05) is 16.9 Å². The van der Waals surface area contributed by atoms with Crippen LogP contribution >= 0.6 is 11.6 Å². The number of nitrogens with zero attached hydrogens (tertiary/aromatic N) is 2. The van der Waals surface area contributed by atoms with Crippen molar-refractivity contribution in [2.75, 3.05) is 11.5 Å². The largest absolute Gasteiger partial charge is 0.492 e. The van der Waals surface area contributed by atoms with Crippen LogP contribution in [0, 0.1) is 6.92 Å². The second-order valence-electron chi connectivity index (χ2n) is 7.18. The van der Waals surface area contributed by atoms with Crippen molar-refractivity contribution in [3.8, 4) is 5.75 Å². The average Bonchev–Trinajstić information content (AvgIpc) is 3.21. The maximum atomic E-state index is 13.1. The third-order valence-corrected chi connectivity index (χ3v) is 5.42. The molecule has 0 radical (unpaired) electrons. The number of benzene rings is 2. The summed E-state index contributed by atoms with van der Waals surface area (Å²) in [6, 6.07) is 17.0. The number of rotatable bonds is 6. The fourth-order valence-electron chi connectivity index (χ4n) is 3.30. The molecule has 4 rings (SSSR count). The number of barbiturate groups is 1. The molecule has 1 N–H and O–H groups in total. The molecule has 0 saturated carbocycles. The fourth-order valence-corrected chi connectivity index (χ4v) is 3.48. The Balaban J connectivity index is 1.56. The number of urea groups is 1. The number of anilines is 1. The number of aromatic nitrogens is 1. The molecule has 4 amide bonds. The summed E-state index contributed by atoms with van der Waals surface area (Å²) < 4.78 is 7.58. The van der Waals surface area contributed by atoms with Crippen LogP contribution in [0.15, 0.2) is 72.4 Å². The predicted molar refractivity (Wildman–Crippen MR) is 122 cm³/mol. The van der Waals surface area contributed by atoms with Gasteiger partial charge in [-0.2, -0.15) is 0 Å². The van der Waals surface area contributed by atoms with Crippen LogP contribution in [0.4, 0.5) is 10.5 Å². The number of ether oxygens (including phenoxy) is 1. The number of amides is 4. The summed E-state index contributed by atoms with van der Waals surface area (Å²) >= 11 is 6.16. The highest BCUT2D eigenvalue weighted by Crippen LogP contribution is 2.26. The molecule has 0 aliphatic carbocycles. The minimum absolute atomic E-state index is 0.148. The number of nitrogens with one attached hydrogen (secondary N) is 1. The number of aryl methyl sites for hydroxylation is 1. The van der Waals surface area contributed by atoms with E-state index in [2.05, 4.69) is 5.32 Å². The molecule has 0 bridgehead atoms. The fraction of sp³-hybridized carbons (Fsp3) is 0.125. The van der Waals surface area contributed by atoms with Crippen LogP contribution in [0.25, 0.3) is 6.08 Å². The van der Waals surface area contributed by atoms with Gasteiger partial charge in [0.2, 0.25) is 0 Å². The highest BCUT2D eigenvalue weighted by molar-refractivity contribution is 6.39. The Hall–Kier alpha value is -3.84. The van der Waals surface area contributed by atoms with Crippen molar-refractivity contribution < 1.29 is 19.1 Å². The quantitative estimate of drug-likeness (QED) is 0.452. The van der Waals surface area contributed by atoms with E-state index in [9.17, 15) is 14.4 Å². The Labute approximate surface area is 189 Å². The van der Waals surface area contributed by atoms with Crippen molar-refractivity contribution >= 4 is 41.2 Å². The van der Waals surface area contributed by atoms with Crippen molar-refractivity contribution in [1.29, 1.82) is 0 Å². The van der Waals surface area contributed by atoms with Gasteiger partial charge in [-0.1, -0.05) is 35.9 Å². The van der Waals surface area contributed by atoms with Gasteiger partial charge in [0.15, 0.2) is 0 Å². The number of para-hydroxylation sites is 1. The third kappa shape index (κ3) is 4.43. The van der Waals surface area contributed by atoms with Gasteiger partial charge in [-0.25, -0.2) is 9.69 Å². The Bertz CT molecular complexity index is 1220. The second-order valence-corrected chi connectivity index (χ2v) is 7.59. The molecular weight excluding hydrogens is 430 g/mol. The summed E-state index contributed by atoms with van der Waals surface area (Å²) in [5, 5.41) is 2.64. The molecular formula is C24H20ClN3O4. The van der Waals surface area contributed by atoms with Crippen molar-refractivity contribution in [3.63, 3.8) is 0 Å². The van der Waals surface area contributed by atoms with E-state index in [1.165, 1.54) is 12.1 Å². The molecule has 1 saturated heterocycles. The Morgan fingerprint density at radius 1 is 1.03 bits per heavy atom. The lowest BCUT2D eigenvalue weighted by atomic mass is 10.1. The number of imide groups is 2. The van der Waals surface area contributed by atoms with Gasteiger partial charge in [-0.05, 0) is 55.0 Å². The SMILES string of the molecule is Cc1ccc(N2C(=O)NC(=O)/C(=C/c3cccn3CCOc3ccccc3)C2=O)cc1Cl. The molecule has 8 heteroatoms. The van der Waals surface area contributed by atoms with Crippen molar-refractivity contribution in [1.82, 2.24) is 9.88 Å². The summed E-state index contributed by atoms with van der Waals surface area (Å²) in [5.41, 5.74) is 1.58. The molecule has 1 fully saturated rings. The number of halogens is 1. The minimum atomic E-state index is -0.816. The van der Waals surface area contributed by atoms with Gasteiger partial charge in [-0.15, -0.1) is 0 Å². The highest BCUT2D eigenvalue weighted by atomic mass is 35.5. The number of carbonyl (C=O) groups excluding carboxylic acids is 3. The Morgan fingerprint density at radius 3 is 2.56 bits per heavy atom. The lowest BCUT2D eigenvalue weighted by Gasteiger charge is -2.26. The number of hydrogen-bond acceptors (Lipinski definition) is 4. The lowest BCUT2D eigenvalue weighted by Crippen LogP contribution is -2.54. The molecule has 0 atom stereocenters. The van der Waals surface area contributed by atoms with Crippen molar-refractivity contribution in [3.05, 3.63) is 88.7 Å². The van der Waals surface area contributed by atoms with E-state index in [1.54, 1.807) is 18.2 Å². The second kappa shape index (κ2) is 9.11. The molecule has 162 valence electrons. The predicted octanol–water partition coefficient (Wildman–Crippen LogP) is 4.20. The van der Waals surface area contributed by atoms with Crippen LogP contribution < -0.4 is 15.0 Å². The van der Waals surface area contributed by atoms with Gasteiger partial charge < -0.3 is 9.30 Å². The van der Waals surface area contributed by atoms with E-state index in [4.69, 9.17) is 16.3 Å². The van der Waals surface area contributed by atoms with Gasteiger partial charge in [-0.3, -0.25) is 14.9 Å². The van der Waals surface area contributed by atoms with Crippen LogP contribution in [-0.4, -0.2) is 29.0 Å². The molecule has 2 aromatic carbocycles. The van der Waals surface area contributed by atoms with Crippen molar-refractivity contribution in [2.24, 2.45) is 0 Å². The summed E-state index contributed by atoms with van der Waals surface area (Å²) in [6.07, 6.45) is 3.30. The zero-order valence-corrected chi connectivity index (χ0v) is 18.0. The Kier molecular flexibility index (Phi) is 6.09. The maximum Gasteiger partial charge on any atom is 0.335 e. The molecule has 32 heavy (non-hydrogen) atoms. The monoisotopic (exact) mass is 449 g/mol. The first-order valence-electron chi connectivity index (χ1n) is 9.94. The van der Waals surface area contributed by atoms with E-state index in [-0.39, 0.29) is 11.3 Å². The highest BCUT2D eigenvalue weighted by Gasteiger charge is 2.37. The summed E-state index contributed by atoms with van der Waals surface area (Å²) in [4.78, 5) is 38.8. The van der Waals surface area contributed by atoms with Crippen LogP contribution in [0.2, 0.25) is 5.02 Å². The average molecular weight is 450 g/mol. The summed E-state index contributed by atoms with van der Waals surface area (Å²) in [7, 11) is 0. The van der Waals surface area contributed by atoms with Crippen molar-refractivity contribution in [2.45, 2.75) is 13.5 Å².